The van der Waals surface area contributed by atoms with E-state index < -0.39 is 0 Å². The molecule has 0 aromatic heterocycles. The molecule has 0 aliphatic heterocycles. The Hall–Kier alpha value is -0.610. The van der Waals surface area contributed by atoms with Crippen molar-refractivity contribution in [3.8, 4) is 0 Å². The van der Waals surface area contributed by atoms with E-state index in [1.54, 1.807) is 6.92 Å². The van der Waals surface area contributed by atoms with Gasteiger partial charge in [-0.1, -0.05) is 41.5 Å². The minimum atomic E-state index is -0.127. The first-order chi connectivity index (χ1) is 16.2. The maximum atomic E-state index is 11.9. The molecule has 0 heterocycles. The van der Waals surface area contributed by atoms with E-state index in [1.807, 2.05) is 0 Å². The van der Waals surface area contributed by atoms with Crippen molar-refractivity contribution in [3.05, 3.63) is 0 Å². The summed E-state index contributed by atoms with van der Waals surface area (Å²) in [7, 11) is 0. The number of carbonyl (C=O) groups is 1. The molecule has 4 nitrogen and oxygen atoms in total. The third-order valence-corrected chi connectivity index (χ3v) is 13.9. The standard InChI is InChI=1S/C31H52O4/c1-19(35-33)21-11-14-28(5)17-18-30(7)22(26(21)28)9-10-24-29(6)15-13-25(34-20(2)32)27(3,4)23(29)12-16-31(24,30)8/h19,21-26,33H,9-18H2,1-8H3/t19-,21-,22+,23+,24-,25-,26+,28+,29-,30+,31+/m0/s1. The molecule has 4 heteroatoms. The van der Waals surface area contributed by atoms with Gasteiger partial charge in [0.25, 0.3) is 0 Å². The topological polar surface area (TPSA) is 55.8 Å². The summed E-state index contributed by atoms with van der Waals surface area (Å²) in [5, 5.41) is 9.62. The molecule has 0 aromatic carbocycles. The van der Waals surface area contributed by atoms with Gasteiger partial charge in [0, 0.05) is 12.3 Å². The molecule has 5 aliphatic rings. The van der Waals surface area contributed by atoms with E-state index in [0.717, 1.165) is 18.3 Å². The second-order valence-corrected chi connectivity index (χ2v) is 15.3. The van der Waals surface area contributed by atoms with Gasteiger partial charge in [0.2, 0.25) is 0 Å². The van der Waals surface area contributed by atoms with Crippen LogP contribution in [0.2, 0.25) is 0 Å². The fraction of sp³-hybridized carbons (Fsp3) is 0.968. The number of hydrogen-bond acceptors (Lipinski definition) is 4. The van der Waals surface area contributed by atoms with Crippen LogP contribution in [0.5, 0.6) is 0 Å². The molecular formula is C31H52O4. The van der Waals surface area contributed by atoms with Crippen molar-refractivity contribution in [2.75, 3.05) is 0 Å². The van der Waals surface area contributed by atoms with Gasteiger partial charge < -0.3 is 4.74 Å². The normalized spacial score (nSPS) is 53.5. The Morgan fingerprint density at radius 2 is 1.54 bits per heavy atom. The summed E-state index contributed by atoms with van der Waals surface area (Å²) in [5.74, 6) is 3.05. The lowest BCUT2D eigenvalue weighted by molar-refractivity contribution is -0.296. The van der Waals surface area contributed by atoms with E-state index in [1.165, 1.54) is 57.8 Å². The second-order valence-electron chi connectivity index (χ2n) is 15.3. The molecule has 35 heavy (non-hydrogen) atoms. The lowest BCUT2D eigenvalue weighted by atomic mass is 9.32. The first-order valence-electron chi connectivity index (χ1n) is 14.7. The van der Waals surface area contributed by atoms with Gasteiger partial charge in [0.15, 0.2) is 0 Å². The van der Waals surface area contributed by atoms with Gasteiger partial charge in [0.1, 0.15) is 6.10 Å². The van der Waals surface area contributed by atoms with Crippen molar-refractivity contribution in [3.63, 3.8) is 0 Å². The van der Waals surface area contributed by atoms with Crippen LogP contribution in [0, 0.1) is 56.7 Å². The summed E-state index contributed by atoms with van der Waals surface area (Å²) < 4.78 is 5.90. The summed E-state index contributed by atoms with van der Waals surface area (Å²) >= 11 is 0. The lowest BCUT2D eigenvalue weighted by Gasteiger charge is -2.73. The number of ether oxygens (including phenoxy) is 1. The van der Waals surface area contributed by atoms with E-state index >= 15 is 0 Å². The average Bonchev–Trinajstić information content (AvgIpc) is 3.13. The summed E-state index contributed by atoms with van der Waals surface area (Å²) in [5.41, 5.74) is 1.40. The monoisotopic (exact) mass is 488 g/mol. The maximum Gasteiger partial charge on any atom is 0.302 e. The molecule has 1 N–H and O–H groups in total. The van der Waals surface area contributed by atoms with Crippen molar-refractivity contribution in [1.82, 2.24) is 0 Å². The van der Waals surface area contributed by atoms with Crippen molar-refractivity contribution in [2.24, 2.45) is 56.7 Å². The third-order valence-electron chi connectivity index (χ3n) is 13.9. The van der Waals surface area contributed by atoms with Gasteiger partial charge in [-0.05, 0) is 122 Å². The molecule has 0 aromatic rings. The Morgan fingerprint density at radius 1 is 0.829 bits per heavy atom. The summed E-state index contributed by atoms with van der Waals surface area (Å²) in [6.07, 6.45) is 12.5. The predicted molar refractivity (Wildman–Crippen MR) is 139 cm³/mol. The number of fused-ring (bicyclic) bond motifs is 7. The molecule has 200 valence electrons. The van der Waals surface area contributed by atoms with Crippen LogP contribution >= 0.6 is 0 Å². The highest BCUT2D eigenvalue weighted by Crippen LogP contribution is 2.77. The van der Waals surface area contributed by atoms with Crippen LogP contribution in [0.15, 0.2) is 0 Å². The summed E-state index contributed by atoms with van der Waals surface area (Å²) in [6.45, 7) is 18.9. The number of hydrogen-bond donors (Lipinski definition) is 1. The zero-order valence-electron chi connectivity index (χ0n) is 23.8. The SMILES string of the molecule is CC(=O)O[C@H]1CC[C@@]2(C)[C@H](CC[C@]3(C)[C@H]2CC[C@@H]2[C@H]4[C@H]([C@H](C)OO)CC[C@]4(C)CC[C@]23C)C1(C)C. The smallest absolute Gasteiger partial charge is 0.302 e. The minimum Gasteiger partial charge on any atom is -0.462 e. The van der Waals surface area contributed by atoms with Crippen LogP contribution in [0.1, 0.15) is 120 Å². The van der Waals surface area contributed by atoms with Crippen molar-refractivity contribution < 1.29 is 19.7 Å². The van der Waals surface area contributed by atoms with Crippen molar-refractivity contribution in [1.29, 1.82) is 0 Å². The average molecular weight is 489 g/mol. The van der Waals surface area contributed by atoms with Crippen LogP contribution in [0.25, 0.3) is 0 Å². The molecule has 5 rings (SSSR count). The third kappa shape index (κ3) is 3.40. The molecule has 0 amide bonds. The van der Waals surface area contributed by atoms with Gasteiger partial charge >= 0.3 is 5.97 Å². The number of carbonyl (C=O) groups excluding carboxylic acids is 1. The van der Waals surface area contributed by atoms with Crippen LogP contribution in [0.4, 0.5) is 0 Å². The van der Waals surface area contributed by atoms with E-state index in [0.29, 0.717) is 39.4 Å². The highest BCUT2D eigenvalue weighted by atomic mass is 17.1. The van der Waals surface area contributed by atoms with Gasteiger partial charge in [-0.15, -0.1) is 0 Å². The molecule has 0 bridgehead atoms. The molecule has 0 spiro atoms. The molecule has 5 aliphatic carbocycles. The van der Waals surface area contributed by atoms with Crippen LogP contribution in [-0.2, 0) is 14.4 Å². The summed E-state index contributed by atoms with van der Waals surface area (Å²) in [6, 6.07) is 0. The first kappa shape index (κ1) is 26.0. The molecule has 0 radical (unpaired) electrons. The Labute approximate surface area is 214 Å². The second kappa shape index (κ2) is 8.19. The van der Waals surface area contributed by atoms with Gasteiger partial charge in [-0.25, -0.2) is 4.89 Å². The van der Waals surface area contributed by atoms with Crippen LogP contribution < -0.4 is 0 Å². The largest absolute Gasteiger partial charge is 0.462 e. The fourth-order valence-corrected chi connectivity index (χ4v) is 12.0. The number of esters is 1. The predicted octanol–water partition coefficient (Wildman–Crippen LogP) is 7.90. The van der Waals surface area contributed by atoms with E-state index in [2.05, 4.69) is 48.5 Å². The quantitative estimate of drug-likeness (QED) is 0.249. The van der Waals surface area contributed by atoms with Gasteiger partial charge in [0.05, 0.1) is 6.10 Å². The van der Waals surface area contributed by atoms with E-state index in [9.17, 15) is 10.1 Å². The molecule has 5 saturated carbocycles. The van der Waals surface area contributed by atoms with Crippen LogP contribution in [-0.4, -0.2) is 23.4 Å². The number of rotatable bonds is 3. The molecule has 11 atom stereocenters. The molecule has 0 unspecified atom stereocenters. The summed E-state index contributed by atoms with van der Waals surface area (Å²) in [4.78, 5) is 16.9. The van der Waals surface area contributed by atoms with Gasteiger partial charge in [-0.3, -0.25) is 10.1 Å². The fourth-order valence-electron chi connectivity index (χ4n) is 12.0. The van der Waals surface area contributed by atoms with Crippen molar-refractivity contribution >= 4 is 5.97 Å². The van der Waals surface area contributed by atoms with E-state index in [-0.39, 0.29) is 23.6 Å². The Balaban J connectivity index is 1.49. The molecule has 0 saturated heterocycles. The molecule has 5 fully saturated rings. The van der Waals surface area contributed by atoms with Crippen LogP contribution in [0.3, 0.4) is 0 Å². The Kier molecular flexibility index (Phi) is 6.09. The van der Waals surface area contributed by atoms with Crippen molar-refractivity contribution in [2.45, 2.75) is 132 Å². The highest BCUT2D eigenvalue weighted by Gasteiger charge is 2.70. The first-order valence-corrected chi connectivity index (χ1v) is 14.7. The van der Waals surface area contributed by atoms with E-state index in [4.69, 9.17) is 9.62 Å². The lowest BCUT2D eigenvalue weighted by Crippen LogP contribution is -2.66. The zero-order valence-corrected chi connectivity index (χ0v) is 23.8. The molecular weight excluding hydrogens is 436 g/mol. The Morgan fingerprint density at radius 3 is 2.20 bits per heavy atom. The highest BCUT2D eigenvalue weighted by molar-refractivity contribution is 5.66. The Bertz CT molecular complexity index is 853. The van der Waals surface area contributed by atoms with Gasteiger partial charge in [-0.2, -0.15) is 0 Å². The minimum absolute atomic E-state index is 0.0212. The maximum absolute atomic E-state index is 11.9. The zero-order chi connectivity index (χ0) is 25.6.